The van der Waals surface area contributed by atoms with Crippen molar-refractivity contribution in [1.29, 1.82) is 0 Å². The monoisotopic (exact) mass is 372 g/mol. The fraction of sp³-hybridized carbons (Fsp3) is 0.500. The molecule has 2 atom stereocenters. The molecule has 2 unspecified atom stereocenters. The molecule has 2 aromatic rings. The number of nitrogens with one attached hydrogen (secondary N) is 1. The second-order valence-corrected chi connectivity index (χ2v) is 7.49. The smallest absolute Gasteiger partial charge is 0.170 e. The third kappa shape index (κ3) is 3.35. The highest BCUT2D eigenvalue weighted by atomic mass is 32.1. The molecule has 3 rings (SSSR count). The predicted molar refractivity (Wildman–Crippen MR) is 108 cm³/mol. The van der Waals surface area contributed by atoms with Gasteiger partial charge < -0.3 is 19.5 Å². The van der Waals surface area contributed by atoms with Gasteiger partial charge in [0.15, 0.2) is 5.11 Å². The summed E-state index contributed by atoms with van der Waals surface area (Å²) in [4.78, 5) is 6.83. The fourth-order valence-electron chi connectivity index (χ4n) is 4.07. The lowest BCUT2D eigenvalue weighted by Crippen LogP contribution is -2.32. The van der Waals surface area contributed by atoms with Crippen LogP contribution in [0.4, 0.5) is 0 Å². The topological polar surface area (TPSA) is 42.3 Å². The molecule has 0 amide bonds. The van der Waals surface area contributed by atoms with Crippen LogP contribution in [-0.4, -0.2) is 39.8 Å². The molecule has 0 saturated carbocycles. The molecule has 26 heavy (non-hydrogen) atoms. The van der Waals surface area contributed by atoms with Gasteiger partial charge in [-0.3, -0.25) is 4.98 Å². The number of thiocarbonyl (C=S) groups is 1. The Bertz CT molecular complexity index is 772. The molecular weight excluding hydrogens is 344 g/mol. The van der Waals surface area contributed by atoms with E-state index in [0.29, 0.717) is 12.6 Å². The van der Waals surface area contributed by atoms with E-state index in [1.807, 2.05) is 18.3 Å². The molecule has 0 bridgehead atoms. The Hall–Kier alpha value is -1.92. The Morgan fingerprint density at radius 3 is 2.65 bits per heavy atom. The highest BCUT2D eigenvalue weighted by molar-refractivity contribution is 7.80. The lowest BCUT2D eigenvalue weighted by Gasteiger charge is -2.28. The molecule has 0 radical (unpaired) electrons. The average Bonchev–Trinajstić information content (AvgIpc) is 3.09. The van der Waals surface area contributed by atoms with Gasteiger partial charge in [-0.2, -0.15) is 0 Å². The van der Waals surface area contributed by atoms with E-state index in [9.17, 15) is 0 Å². The third-order valence-electron chi connectivity index (χ3n) is 5.09. The molecule has 5 nitrogen and oxygen atoms in total. The first-order valence-electron chi connectivity index (χ1n) is 9.11. The van der Waals surface area contributed by atoms with Crippen LogP contribution in [0.2, 0.25) is 0 Å². The van der Waals surface area contributed by atoms with Gasteiger partial charge in [-0.15, -0.1) is 0 Å². The van der Waals surface area contributed by atoms with E-state index < -0.39 is 0 Å². The minimum Gasteiger partial charge on any atom is -0.383 e. The first-order chi connectivity index (χ1) is 12.5. The number of hydrogen-bond donors (Lipinski definition) is 1. The second kappa shape index (κ2) is 7.76. The largest absolute Gasteiger partial charge is 0.383 e. The van der Waals surface area contributed by atoms with Crippen LogP contribution < -0.4 is 5.32 Å². The number of rotatable bonds is 6. The lowest BCUT2D eigenvalue weighted by atomic mass is 9.97. The molecule has 2 aromatic heterocycles. The molecule has 3 heterocycles. The quantitative estimate of drug-likeness (QED) is 0.783. The van der Waals surface area contributed by atoms with Gasteiger partial charge in [-0.1, -0.05) is 6.07 Å². The van der Waals surface area contributed by atoms with Crippen LogP contribution in [0.3, 0.4) is 0 Å². The van der Waals surface area contributed by atoms with Gasteiger partial charge in [0.2, 0.25) is 0 Å². The highest BCUT2D eigenvalue weighted by Gasteiger charge is 2.41. The van der Waals surface area contributed by atoms with Crippen molar-refractivity contribution in [1.82, 2.24) is 19.8 Å². The van der Waals surface area contributed by atoms with E-state index >= 15 is 0 Å². The average molecular weight is 373 g/mol. The number of methoxy groups -OCH3 is 1. The van der Waals surface area contributed by atoms with E-state index in [2.05, 4.69) is 59.6 Å². The zero-order chi connectivity index (χ0) is 18.8. The third-order valence-corrected chi connectivity index (χ3v) is 5.44. The number of nitrogens with zero attached hydrogens (tertiary/aromatic N) is 3. The Labute approximate surface area is 161 Å². The maximum absolute atomic E-state index is 5.67. The number of aromatic nitrogens is 2. The van der Waals surface area contributed by atoms with Crippen molar-refractivity contribution in [2.75, 3.05) is 20.3 Å². The summed E-state index contributed by atoms with van der Waals surface area (Å²) in [6.07, 6.45) is 1.84. The molecule has 6 heteroatoms. The summed E-state index contributed by atoms with van der Waals surface area (Å²) in [5.41, 5.74) is 4.87. The molecular formula is C20H28N4OS. The maximum Gasteiger partial charge on any atom is 0.170 e. The van der Waals surface area contributed by atoms with E-state index in [0.717, 1.165) is 17.4 Å². The van der Waals surface area contributed by atoms with Crippen LogP contribution in [0, 0.1) is 13.8 Å². The fourth-order valence-corrected chi connectivity index (χ4v) is 4.40. The van der Waals surface area contributed by atoms with Crippen LogP contribution in [0.5, 0.6) is 0 Å². The molecule has 1 N–H and O–H groups in total. The minimum absolute atomic E-state index is 0.0293. The summed E-state index contributed by atoms with van der Waals surface area (Å²) in [6.45, 7) is 10.2. The van der Waals surface area contributed by atoms with Gasteiger partial charge in [-0.25, -0.2) is 0 Å². The van der Waals surface area contributed by atoms with Crippen LogP contribution in [0.15, 0.2) is 30.5 Å². The molecule has 1 aliphatic heterocycles. The Morgan fingerprint density at radius 2 is 2.08 bits per heavy atom. The maximum atomic E-state index is 5.67. The van der Waals surface area contributed by atoms with Crippen molar-refractivity contribution < 1.29 is 4.74 Å². The SMILES string of the molecule is COCCN1C(=S)NC(c2ccccn2)C1c1cc(C)n(C(C)C)c1C. The van der Waals surface area contributed by atoms with Crippen LogP contribution in [0.1, 0.15) is 54.6 Å². The number of ether oxygens (including phenoxy) is 1. The molecule has 0 aliphatic carbocycles. The van der Waals surface area contributed by atoms with Crippen LogP contribution in [0.25, 0.3) is 0 Å². The summed E-state index contributed by atoms with van der Waals surface area (Å²) in [7, 11) is 1.72. The zero-order valence-electron chi connectivity index (χ0n) is 16.2. The summed E-state index contributed by atoms with van der Waals surface area (Å²) in [5.74, 6) is 0. The normalized spacial score (nSPS) is 20.1. The van der Waals surface area contributed by atoms with Gasteiger partial charge in [0, 0.05) is 37.3 Å². The van der Waals surface area contributed by atoms with Crippen molar-refractivity contribution in [3.63, 3.8) is 0 Å². The molecule has 1 fully saturated rings. The van der Waals surface area contributed by atoms with Gasteiger partial charge in [0.1, 0.15) is 0 Å². The van der Waals surface area contributed by atoms with E-state index in [-0.39, 0.29) is 12.1 Å². The first-order valence-corrected chi connectivity index (χ1v) is 9.51. The second-order valence-electron chi connectivity index (χ2n) is 7.10. The van der Waals surface area contributed by atoms with Crippen molar-refractivity contribution in [2.24, 2.45) is 0 Å². The highest BCUT2D eigenvalue weighted by Crippen LogP contribution is 2.41. The van der Waals surface area contributed by atoms with Gasteiger partial charge in [0.05, 0.1) is 24.4 Å². The van der Waals surface area contributed by atoms with Crippen molar-refractivity contribution >= 4 is 17.3 Å². The number of aryl methyl sites for hydroxylation is 1. The predicted octanol–water partition coefficient (Wildman–Crippen LogP) is 3.70. The van der Waals surface area contributed by atoms with Crippen molar-refractivity contribution in [3.05, 3.63) is 53.1 Å². The molecule has 140 valence electrons. The number of hydrogen-bond acceptors (Lipinski definition) is 3. The summed E-state index contributed by atoms with van der Waals surface area (Å²) in [6, 6.07) is 8.89. The Balaban J connectivity index is 2.08. The van der Waals surface area contributed by atoms with Crippen molar-refractivity contribution in [3.8, 4) is 0 Å². The minimum atomic E-state index is 0.0293. The van der Waals surface area contributed by atoms with E-state index in [1.54, 1.807) is 7.11 Å². The zero-order valence-corrected chi connectivity index (χ0v) is 17.0. The van der Waals surface area contributed by atoms with Crippen LogP contribution in [-0.2, 0) is 4.74 Å². The van der Waals surface area contributed by atoms with Crippen LogP contribution >= 0.6 is 12.2 Å². The Kier molecular flexibility index (Phi) is 5.63. The standard InChI is InChI=1S/C20H28N4OS/c1-13(2)24-14(3)12-16(15(24)4)19-18(17-8-6-7-9-21-17)22-20(26)23(19)10-11-25-5/h6-9,12-13,18-19H,10-11H2,1-5H3,(H,22,26). The molecule has 0 spiro atoms. The van der Waals surface area contributed by atoms with E-state index in [1.165, 1.54) is 17.0 Å². The van der Waals surface area contributed by atoms with Crippen molar-refractivity contribution in [2.45, 2.75) is 45.8 Å². The van der Waals surface area contributed by atoms with E-state index in [4.69, 9.17) is 17.0 Å². The lowest BCUT2D eigenvalue weighted by molar-refractivity contribution is 0.164. The Morgan fingerprint density at radius 1 is 1.31 bits per heavy atom. The van der Waals surface area contributed by atoms with Gasteiger partial charge in [0.25, 0.3) is 0 Å². The summed E-state index contributed by atoms with van der Waals surface area (Å²) < 4.78 is 7.71. The van der Waals surface area contributed by atoms with Gasteiger partial charge >= 0.3 is 0 Å². The summed E-state index contributed by atoms with van der Waals surface area (Å²) in [5, 5.41) is 4.25. The molecule has 0 aromatic carbocycles. The first kappa shape index (κ1) is 18.9. The number of pyridine rings is 1. The molecule has 1 aliphatic rings. The summed E-state index contributed by atoms with van der Waals surface area (Å²) >= 11 is 5.67. The molecule has 1 saturated heterocycles. The van der Waals surface area contributed by atoms with Gasteiger partial charge in [-0.05, 0) is 63.7 Å².